The molecule has 0 bridgehead atoms. The summed E-state index contributed by atoms with van der Waals surface area (Å²) in [7, 11) is -3.95. The summed E-state index contributed by atoms with van der Waals surface area (Å²) in [4.78, 5) is 14.7. The molecule has 2 heterocycles. The normalized spacial score (nSPS) is 11.6. The Morgan fingerprint density at radius 1 is 1.56 bits per heavy atom. The van der Waals surface area contributed by atoms with Crippen LogP contribution in [-0.2, 0) is 16.6 Å². The number of carboxylic acids is 1. The number of carbonyl (C=O) groups is 1. The van der Waals surface area contributed by atoms with Gasteiger partial charge in [-0.3, -0.25) is 5.10 Å². The molecule has 0 aliphatic rings. The molecule has 2 aromatic rings. The molecule has 0 unspecified atom stereocenters. The Bertz CT molecular complexity index is 646. The lowest BCUT2D eigenvalue weighted by molar-refractivity contribution is 0.0692. The largest absolute Gasteiger partial charge is 0.478 e. The first-order chi connectivity index (χ1) is 8.50. The van der Waals surface area contributed by atoms with E-state index in [1.165, 1.54) is 11.3 Å². The van der Waals surface area contributed by atoms with E-state index in [4.69, 9.17) is 5.11 Å². The van der Waals surface area contributed by atoms with Gasteiger partial charge in [0.1, 0.15) is 5.56 Å². The molecule has 2 rings (SSSR count). The van der Waals surface area contributed by atoms with Gasteiger partial charge < -0.3 is 5.11 Å². The van der Waals surface area contributed by atoms with Crippen LogP contribution in [0, 0.1) is 0 Å². The molecule has 8 nitrogen and oxygen atoms in total. The smallest absolute Gasteiger partial charge is 0.340 e. The Balaban J connectivity index is 2.20. The summed E-state index contributed by atoms with van der Waals surface area (Å²) in [5.74, 6) is -1.36. The summed E-state index contributed by atoms with van der Waals surface area (Å²) in [6.07, 6.45) is 0.944. The van der Waals surface area contributed by atoms with Crippen LogP contribution >= 0.6 is 11.3 Å². The van der Waals surface area contributed by atoms with Crippen LogP contribution in [0.15, 0.2) is 22.1 Å². The third-order valence-electron chi connectivity index (χ3n) is 2.03. The second-order valence-corrected chi connectivity index (χ2v) is 5.64. The Kier molecular flexibility index (Phi) is 3.41. The third-order valence-corrected chi connectivity index (χ3v) is 4.04. The quantitative estimate of drug-likeness (QED) is 0.713. The Hall–Kier alpha value is -1.78. The molecular formula is C8H8N4O4S2. The van der Waals surface area contributed by atoms with Gasteiger partial charge >= 0.3 is 5.97 Å². The molecule has 0 amide bonds. The molecule has 96 valence electrons. The van der Waals surface area contributed by atoms with Crippen LogP contribution in [0.3, 0.4) is 0 Å². The summed E-state index contributed by atoms with van der Waals surface area (Å²) in [5, 5.41) is 15.6. The number of nitrogens with one attached hydrogen (secondary N) is 2. The number of hydrogen-bond acceptors (Lipinski definition) is 6. The number of hydrogen-bond donors (Lipinski definition) is 3. The van der Waals surface area contributed by atoms with Crippen LogP contribution in [0.25, 0.3) is 0 Å². The van der Waals surface area contributed by atoms with Gasteiger partial charge in [-0.2, -0.15) is 5.10 Å². The lowest BCUT2D eigenvalue weighted by Crippen LogP contribution is -2.25. The minimum absolute atomic E-state index is 0.0100. The molecule has 0 spiro atoms. The summed E-state index contributed by atoms with van der Waals surface area (Å²) in [6.45, 7) is -0.0100. The molecule has 0 saturated heterocycles. The number of aromatic carboxylic acids is 1. The highest BCUT2D eigenvalue weighted by Gasteiger charge is 2.24. The zero-order valence-electron chi connectivity index (χ0n) is 8.82. The van der Waals surface area contributed by atoms with Crippen LogP contribution < -0.4 is 4.72 Å². The van der Waals surface area contributed by atoms with Crippen LogP contribution in [0.5, 0.6) is 0 Å². The molecule has 0 aliphatic heterocycles. The first-order valence-corrected chi connectivity index (χ1v) is 7.06. The highest BCUT2D eigenvalue weighted by atomic mass is 32.2. The number of sulfonamides is 1. The molecule has 18 heavy (non-hydrogen) atoms. The highest BCUT2D eigenvalue weighted by Crippen LogP contribution is 2.12. The van der Waals surface area contributed by atoms with Crippen molar-refractivity contribution >= 4 is 27.3 Å². The molecule has 0 aromatic carbocycles. The van der Waals surface area contributed by atoms with E-state index in [0.717, 1.165) is 6.20 Å². The Labute approximate surface area is 106 Å². The number of carboxylic acid groups (broad SMARTS) is 1. The van der Waals surface area contributed by atoms with E-state index in [2.05, 4.69) is 19.9 Å². The van der Waals surface area contributed by atoms with E-state index < -0.39 is 26.6 Å². The van der Waals surface area contributed by atoms with Gasteiger partial charge in [0.2, 0.25) is 0 Å². The van der Waals surface area contributed by atoms with Crippen LogP contribution in [-0.4, -0.2) is 34.7 Å². The highest BCUT2D eigenvalue weighted by molar-refractivity contribution is 7.89. The van der Waals surface area contributed by atoms with Crippen molar-refractivity contribution < 1.29 is 18.3 Å². The van der Waals surface area contributed by atoms with E-state index in [1.54, 1.807) is 10.9 Å². The third kappa shape index (κ3) is 2.55. The fourth-order valence-corrected chi connectivity index (χ4v) is 2.84. The Morgan fingerprint density at radius 3 is 2.94 bits per heavy atom. The van der Waals surface area contributed by atoms with Gasteiger partial charge in [0.15, 0.2) is 5.03 Å². The SMILES string of the molecule is O=C(O)c1cn[nH]c1S(=O)(=O)NCc1cscn1. The van der Waals surface area contributed by atoms with E-state index in [-0.39, 0.29) is 6.54 Å². The van der Waals surface area contributed by atoms with Gasteiger partial charge in [-0.25, -0.2) is 22.9 Å². The van der Waals surface area contributed by atoms with Crippen molar-refractivity contribution in [2.75, 3.05) is 0 Å². The number of aromatic amines is 1. The van der Waals surface area contributed by atoms with Crippen LogP contribution in [0.1, 0.15) is 16.1 Å². The maximum Gasteiger partial charge on any atom is 0.340 e. The summed E-state index contributed by atoms with van der Waals surface area (Å²) in [6, 6.07) is 0. The Morgan fingerprint density at radius 2 is 2.33 bits per heavy atom. The minimum Gasteiger partial charge on any atom is -0.478 e. The van der Waals surface area contributed by atoms with Gasteiger partial charge in [-0.05, 0) is 0 Å². The summed E-state index contributed by atoms with van der Waals surface area (Å²) < 4.78 is 25.9. The van der Waals surface area contributed by atoms with Gasteiger partial charge in [0, 0.05) is 5.38 Å². The van der Waals surface area contributed by atoms with Crippen molar-refractivity contribution in [3.05, 3.63) is 28.3 Å². The molecule has 10 heteroatoms. The molecular weight excluding hydrogens is 280 g/mol. The van der Waals surface area contributed by atoms with Crippen molar-refractivity contribution in [3.8, 4) is 0 Å². The fraction of sp³-hybridized carbons (Fsp3) is 0.125. The number of aromatic nitrogens is 3. The zero-order chi connectivity index (χ0) is 13.2. The zero-order valence-corrected chi connectivity index (χ0v) is 10.5. The predicted molar refractivity (Wildman–Crippen MR) is 61.7 cm³/mol. The van der Waals surface area contributed by atoms with Gasteiger partial charge in [0.25, 0.3) is 10.0 Å². The van der Waals surface area contributed by atoms with E-state index in [0.29, 0.717) is 5.69 Å². The molecule has 0 fully saturated rings. The van der Waals surface area contributed by atoms with Crippen molar-refractivity contribution in [1.29, 1.82) is 0 Å². The first kappa shape index (κ1) is 12.7. The van der Waals surface area contributed by atoms with Gasteiger partial charge in [-0.15, -0.1) is 11.3 Å². The molecule has 0 saturated carbocycles. The summed E-state index contributed by atoms with van der Waals surface area (Å²) in [5.41, 5.74) is 1.73. The number of thiazole rings is 1. The van der Waals surface area contributed by atoms with Gasteiger partial charge in [-0.1, -0.05) is 0 Å². The van der Waals surface area contributed by atoms with Crippen LogP contribution in [0.4, 0.5) is 0 Å². The molecule has 2 aromatic heterocycles. The van der Waals surface area contributed by atoms with Crippen molar-refractivity contribution in [1.82, 2.24) is 19.9 Å². The average Bonchev–Trinajstić information content (AvgIpc) is 2.98. The maximum absolute atomic E-state index is 11.8. The minimum atomic E-state index is -3.95. The van der Waals surface area contributed by atoms with Gasteiger partial charge in [0.05, 0.1) is 23.9 Å². The first-order valence-electron chi connectivity index (χ1n) is 4.64. The summed E-state index contributed by atoms with van der Waals surface area (Å²) >= 11 is 1.34. The fourth-order valence-electron chi connectivity index (χ4n) is 1.20. The lowest BCUT2D eigenvalue weighted by Gasteiger charge is -2.03. The van der Waals surface area contributed by atoms with Crippen molar-refractivity contribution in [3.63, 3.8) is 0 Å². The monoisotopic (exact) mass is 288 g/mol. The van der Waals surface area contributed by atoms with E-state index in [9.17, 15) is 13.2 Å². The van der Waals surface area contributed by atoms with E-state index in [1.807, 2.05) is 0 Å². The molecule has 0 aliphatic carbocycles. The topological polar surface area (TPSA) is 125 Å². The second kappa shape index (κ2) is 4.84. The maximum atomic E-state index is 11.8. The number of rotatable bonds is 5. The lowest BCUT2D eigenvalue weighted by atomic mass is 10.4. The number of H-pyrrole nitrogens is 1. The predicted octanol–water partition coefficient (Wildman–Crippen LogP) is 0.0429. The molecule has 3 N–H and O–H groups in total. The van der Waals surface area contributed by atoms with Crippen molar-refractivity contribution in [2.24, 2.45) is 0 Å². The standard InChI is InChI=1S/C8H8N4O4S2/c13-8(14)6-2-10-12-7(6)18(15,16)11-1-5-3-17-4-9-5/h2-4,11H,1H2,(H,10,12)(H,13,14). The van der Waals surface area contributed by atoms with Crippen LogP contribution in [0.2, 0.25) is 0 Å². The van der Waals surface area contributed by atoms with Crippen molar-refractivity contribution in [2.45, 2.75) is 11.6 Å². The van der Waals surface area contributed by atoms with E-state index >= 15 is 0 Å². The average molecular weight is 288 g/mol. The second-order valence-electron chi connectivity index (χ2n) is 3.22. The number of nitrogens with zero attached hydrogens (tertiary/aromatic N) is 2. The molecule has 0 radical (unpaired) electrons. The molecule has 0 atom stereocenters.